The maximum absolute atomic E-state index is 15.4. The van der Waals surface area contributed by atoms with Gasteiger partial charge in [0.15, 0.2) is 0 Å². The zero-order valence-corrected chi connectivity index (χ0v) is 41.9. The molecule has 2 aliphatic carbocycles. The van der Waals surface area contributed by atoms with Gasteiger partial charge in [0.1, 0.15) is 29.0 Å². The number of benzene rings is 3. The average Bonchev–Trinajstić information content (AvgIpc) is 3.35. The molecule has 71 heavy (non-hydrogen) atoms. The van der Waals surface area contributed by atoms with Crippen LogP contribution >= 0.6 is 0 Å². The van der Waals surface area contributed by atoms with Gasteiger partial charge >= 0.3 is 11.9 Å². The van der Waals surface area contributed by atoms with E-state index in [-0.39, 0.29) is 80.6 Å². The minimum Gasteiger partial charge on any atom is -0.507 e. The molecule has 0 spiro atoms. The third kappa shape index (κ3) is 12.2. The molecular weight excluding hydrogens is 901 g/mol. The number of phenols is 1. The Bertz CT molecular complexity index is 2520. The van der Waals surface area contributed by atoms with Gasteiger partial charge in [0.25, 0.3) is 0 Å². The maximum atomic E-state index is 15.4. The standard InChI is InChI=1S/C58H74N2O11/c1-5-18-58(68)45-16-17-49(62)41(26-45)22-35-10-9-11-36(21-35)23-47(61)29-44-24-38(40-25-42(50(63)33-59-3)28-46(27-40)60-34-57(2,67)19-20-69-4)14-15-39-32-52(64)71-55-48(39)30-43(31-51(58)70-56(44)66)54(65)53(55)37-12-7-6-8-13-37/h9-11,21,25,27-30,37-39,41,45,47,50-51,59-61,63,65,67-68H,5-8,12-13,16-20,22-24,26,31-34H2,1-4H3/b44-29-/t38-,39-,41+,45+,47-,50-,51+,57-,58-/m0/s1. The SMILES string of the molecule is CCC[C@]1(O)[C@@H]2CCC(=O)[C@H](Cc3cccc(c3)C[C@H](O)/C=C3/C[C@@H](c4cc(NC[C@@](C)(O)CCOC)cc([C@@H](O)CNC)c4)C#C[C@H]4CC(=O)Oc5c4cc(c(O)c5C4CCCCC4)C[C@H]1OC3=O)C2. The Balaban J connectivity index is 1.35. The van der Waals surface area contributed by atoms with Crippen LogP contribution in [0.1, 0.15) is 160 Å². The lowest BCUT2D eigenvalue weighted by Crippen LogP contribution is -2.54. The first-order valence-corrected chi connectivity index (χ1v) is 26.0. The lowest BCUT2D eigenvalue weighted by Gasteiger charge is -2.45. The molecule has 13 heteroatoms. The third-order valence-electron chi connectivity index (χ3n) is 15.8. The highest BCUT2D eigenvalue weighted by molar-refractivity contribution is 5.89. The van der Waals surface area contributed by atoms with Crippen LogP contribution in [0.2, 0.25) is 0 Å². The van der Waals surface area contributed by atoms with Crippen molar-refractivity contribution in [1.82, 2.24) is 5.32 Å². The van der Waals surface area contributed by atoms with Gasteiger partial charge in [0.05, 0.1) is 30.1 Å². The van der Waals surface area contributed by atoms with E-state index in [2.05, 4.69) is 22.5 Å². The van der Waals surface area contributed by atoms with Crippen LogP contribution < -0.4 is 15.4 Å². The van der Waals surface area contributed by atoms with Gasteiger partial charge in [-0.1, -0.05) is 74.8 Å². The van der Waals surface area contributed by atoms with Gasteiger partial charge in [-0.2, -0.15) is 0 Å². The van der Waals surface area contributed by atoms with Gasteiger partial charge in [0, 0.05) is 86.7 Å². The Morgan fingerprint density at radius 2 is 1.70 bits per heavy atom. The highest BCUT2D eigenvalue weighted by atomic mass is 16.6. The van der Waals surface area contributed by atoms with Crippen molar-refractivity contribution in [2.24, 2.45) is 11.8 Å². The van der Waals surface area contributed by atoms with E-state index < -0.39 is 59.2 Å². The molecule has 3 aromatic carbocycles. The Labute approximate surface area is 418 Å². The Morgan fingerprint density at radius 1 is 0.944 bits per heavy atom. The number of likely N-dealkylation sites (N-methyl/N-ethyl adjacent to an activating group) is 1. The van der Waals surface area contributed by atoms with Crippen LogP contribution in [-0.4, -0.2) is 101 Å². The Hall–Kier alpha value is -5.07. The summed E-state index contributed by atoms with van der Waals surface area (Å²) in [5.41, 5.74) is 2.49. The van der Waals surface area contributed by atoms with Crippen molar-refractivity contribution < 1.29 is 54.1 Å². The number of fused-ring (bicyclic) bond motifs is 8. The van der Waals surface area contributed by atoms with E-state index in [0.29, 0.717) is 78.0 Å². The summed E-state index contributed by atoms with van der Waals surface area (Å²) in [7, 11) is 3.32. The molecule has 7 N–H and O–H groups in total. The summed E-state index contributed by atoms with van der Waals surface area (Å²) in [5.74, 6) is 3.69. The average molecular weight is 975 g/mol. The van der Waals surface area contributed by atoms with Crippen LogP contribution in [0.3, 0.4) is 0 Å². The number of Topliss-reactive ketones (excluding diaryl/α,β-unsaturated/α-hetero) is 1. The molecule has 13 nitrogen and oxygen atoms in total. The van der Waals surface area contributed by atoms with Gasteiger partial charge in [-0.15, -0.1) is 0 Å². The van der Waals surface area contributed by atoms with Gasteiger partial charge in [-0.05, 0) is 123 Å². The zero-order valence-electron chi connectivity index (χ0n) is 41.9. The number of aromatic hydroxyl groups is 1. The zero-order chi connectivity index (χ0) is 50.5. The van der Waals surface area contributed by atoms with Gasteiger partial charge in [-0.25, -0.2) is 4.79 Å². The molecular formula is C58H74N2O11. The lowest BCUT2D eigenvalue weighted by atomic mass is 9.66. The lowest BCUT2D eigenvalue weighted by molar-refractivity contribution is -0.176. The van der Waals surface area contributed by atoms with E-state index in [1.165, 1.54) is 6.08 Å². The fraction of sp³-hybridized carbons (Fsp3) is 0.569. The number of rotatable bonds is 13. The summed E-state index contributed by atoms with van der Waals surface area (Å²) in [6.07, 6.45) is 5.27. The number of carbonyl (C=O) groups excluding carboxylic acids is 3. The van der Waals surface area contributed by atoms with E-state index in [0.717, 1.165) is 43.2 Å². The van der Waals surface area contributed by atoms with Crippen molar-refractivity contribution in [2.75, 3.05) is 39.2 Å². The number of hydrogen-bond donors (Lipinski definition) is 7. The molecule has 0 aromatic heterocycles. The van der Waals surface area contributed by atoms with E-state index in [1.807, 2.05) is 55.5 Å². The topological polar surface area (TPSA) is 204 Å². The first kappa shape index (κ1) is 52.3. The normalized spacial score (nSPS) is 28.1. The minimum atomic E-state index is -1.65. The van der Waals surface area contributed by atoms with Gasteiger partial charge in [-0.3, -0.25) is 9.59 Å². The van der Waals surface area contributed by atoms with Crippen molar-refractivity contribution >= 4 is 23.4 Å². The molecule has 9 atom stereocenters. The monoisotopic (exact) mass is 975 g/mol. The van der Waals surface area contributed by atoms with E-state index >= 15 is 4.79 Å². The van der Waals surface area contributed by atoms with Crippen LogP contribution in [0.25, 0.3) is 0 Å². The molecule has 0 saturated heterocycles. The van der Waals surface area contributed by atoms with Gasteiger partial charge in [0.2, 0.25) is 0 Å². The van der Waals surface area contributed by atoms with Gasteiger partial charge < -0.3 is 50.4 Å². The van der Waals surface area contributed by atoms with Crippen LogP contribution in [0, 0.1) is 23.7 Å². The predicted molar refractivity (Wildman–Crippen MR) is 270 cm³/mol. The summed E-state index contributed by atoms with van der Waals surface area (Å²) >= 11 is 0. The van der Waals surface area contributed by atoms with Crippen molar-refractivity contribution in [3.63, 3.8) is 0 Å². The first-order valence-electron chi connectivity index (χ1n) is 26.0. The summed E-state index contributed by atoms with van der Waals surface area (Å²) in [5, 5.41) is 67.2. The minimum absolute atomic E-state index is 0.0454. The molecule has 3 heterocycles. The fourth-order valence-electron chi connectivity index (χ4n) is 11.9. The number of aliphatic hydroxyl groups is 4. The molecule has 0 radical (unpaired) electrons. The van der Waals surface area contributed by atoms with E-state index in [1.54, 1.807) is 21.1 Å². The number of phenolic OH excluding ortho intramolecular Hbond substituents is 1. The second-order valence-corrected chi connectivity index (χ2v) is 21.3. The fourth-order valence-corrected chi connectivity index (χ4v) is 11.9. The van der Waals surface area contributed by atoms with Crippen LogP contribution in [0.15, 0.2) is 60.2 Å². The number of anilines is 1. The number of carbonyl (C=O) groups is 3. The maximum Gasteiger partial charge on any atom is 0.334 e. The highest BCUT2D eigenvalue weighted by Gasteiger charge is 2.49. The molecule has 8 rings (SSSR count). The van der Waals surface area contributed by atoms with Crippen molar-refractivity contribution in [3.05, 3.63) is 99.1 Å². The molecule has 8 bridgehead atoms. The van der Waals surface area contributed by atoms with Crippen molar-refractivity contribution in [1.29, 1.82) is 0 Å². The van der Waals surface area contributed by atoms with E-state index in [4.69, 9.17) is 14.2 Å². The second-order valence-electron chi connectivity index (χ2n) is 21.3. The molecule has 2 fully saturated rings. The second kappa shape index (κ2) is 22.8. The summed E-state index contributed by atoms with van der Waals surface area (Å²) in [4.78, 5) is 42.9. The molecule has 382 valence electrons. The number of methoxy groups -OCH3 is 1. The van der Waals surface area contributed by atoms with Crippen molar-refractivity contribution in [3.8, 4) is 23.3 Å². The van der Waals surface area contributed by atoms with Crippen LogP contribution in [0.4, 0.5) is 5.69 Å². The predicted octanol–water partition coefficient (Wildman–Crippen LogP) is 7.53. The Kier molecular flexibility index (Phi) is 16.8. The number of hydrogen-bond acceptors (Lipinski definition) is 13. The van der Waals surface area contributed by atoms with E-state index in [9.17, 15) is 35.1 Å². The number of aliphatic hydroxyl groups excluding tert-OH is 2. The molecule has 5 aliphatic rings. The van der Waals surface area contributed by atoms with Crippen LogP contribution in [0.5, 0.6) is 11.5 Å². The summed E-state index contributed by atoms with van der Waals surface area (Å²) in [6.45, 7) is 4.41. The first-order chi connectivity index (χ1) is 34.1. The number of esters is 2. The largest absolute Gasteiger partial charge is 0.507 e. The quantitative estimate of drug-likeness (QED) is 0.0504. The number of ether oxygens (including phenoxy) is 3. The molecule has 0 unspecified atom stereocenters. The summed E-state index contributed by atoms with van der Waals surface area (Å²) < 4.78 is 18.1. The smallest absolute Gasteiger partial charge is 0.334 e. The third-order valence-corrected chi connectivity index (χ3v) is 15.8. The van der Waals surface area contributed by atoms with Crippen LogP contribution in [-0.2, 0) is 43.1 Å². The Morgan fingerprint density at radius 3 is 2.45 bits per heavy atom. The van der Waals surface area contributed by atoms with Crippen molar-refractivity contribution in [2.45, 2.75) is 164 Å². The summed E-state index contributed by atoms with van der Waals surface area (Å²) in [6, 6.07) is 15.2. The highest BCUT2D eigenvalue weighted by Crippen LogP contribution is 2.51. The number of nitrogens with one attached hydrogen (secondary N) is 2. The molecule has 3 aromatic rings. The molecule has 0 amide bonds. The molecule has 2 saturated carbocycles. The number of ketones is 1. The molecule has 3 aliphatic heterocycles.